The van der Waals surface area contributed by atoms with E-state index in [0.29, 0.717) is 13.1 Å². The predicted octanol–water partition coefficient (Wildman–Crippen LogP) is 2.74. The van der Waals surface area contributed by atoms with Gasteiger partial charge in [0.15, 0.2) is 0 Å². The lowest BCUT2D eigenvalue weighted by Crippen LogP contribution is -2.33. The summed E-state index contributed by atoms with van der Waals surface area (Å²) >= 11 is 0. The lowest BCUT2D eigenvalue weighted by Gasteiger charge is -2.17. The fraction of sp³-hybridized carbons (Fsp3) is 0.227. The van der Waals surface area contributed by atoms with Crippen LogP contribution in [0.4, 0.5) is 10.1 Å². The molecule has 1 aliphatic rings. The van der Waals surface area contributed by atoms with Gasteiger partial charge in [-0.05, 0) is 23.3 Å². The third-order valence-corrected chi connectivity index (χ3v) is 5.12. The van der Waals surface area contributed by atoms with E-state index >= 15 is 0 Å². The normalized spacial score (nSPS) is 16.2. The van der Waals surface area contributed by atoms with Crippen LogP contribution in [0.15, 0.2) is 67.3 Å². The van der Waals surface area contributed by atoms with Gasteiger partial charge in [-0.3, -0.25) is 9.59 Å². The van der Waals surface area contributed by atoms with Crippen molar-refractivity contribution in [2.24, 2.45) is 5.92 Å². The van der Waals surface area contributed by atoms with Gasteiger partial charge in [-0.25, -0.2) is 9.37 Å². The van der Waals surface area contributed by atoms with Gasteiger partial charge in [0, 0.05) is 38.4 Å². The summed E-state index contributed by atoms with van der Waals surface area (Å²) < 4.78 is 16.0. The lowest BCUT2D eigenvalue weighted by atomic mass is 10.1. The summed E-state index contributed by atoms with van der Waals surface area (Å²) in [5, 5.41) is 2.93. The highest BCUT2D eigenvalue weighted by molar-refractivity contribution is 6.00. The first-order valence-electron chi connectivity index (χ1n) is 9.47. The number of nitrogens with zero attached hydrogens (tertiary/aromatic N) is 3. The molecule has 2 aromatic carbocycles. The Morgan fingerprint density at radius 1 is 1.14 bits per heavy atom. The van der Waals surface area contributed by atoms with Crippen LogP contribution in [0.25, 0.3) is 0 Å². The van der Waals surface area contributed by atoms with E-state index in [1.54, 1.807) is 30.7 Å². The number of carbonyl (C=O) groups excluding carboxylic acids is 2. The molecule has 1 saturated heterocycles. The van der Waals surface area contributed by atoms with Crippen molar-refractivity contribution in [1.29, 1.82) is 0 Å². The van der Waals surface area contributed by atoms with Crippen molar-refractivity contribution in [1.82, 2.24) is 14.9 Å². The molecule has 4 rings (SSSR count). The van der Waals surface area contributed by atoms with Crippen LogP contribution in [0.1, 0.15) is 17.5 Å². The smallest absolute Gasteiger partial charge is 0.227 e. The maximum atomic E-state index is 14.0. The first kappa shape index (κ1) is 18.9. The van der Waals surface area contributed by atoms with E-state index in [1.165, 1.54) is 11.0 Å². The molecule has 0 aliphatic carbocycles. The molecular formula is C22H21FN4O2. The van der Waals surface area contributed by atoms with Crippen molar-refractivity contribution < 1.29 is 14.0 Å². The second-order valence-corrected chi connectivity index (χ2v) is 7.08. The third-order valence-electron chi connectivity index (χ3n) is 5.12. The number of anilines is 1. The van der Waals surface area contributed by atoms with Crippen LogP contribution in [0.3, 0.4) is 0 Å². The number of carbonyl (C=O) groups is 2. The van der Waals surface area contributed by atoms with E-state index in [-0.39, 0.29) is 30.5 Å². The topological polar surface area (TPSA) is 67.2 Å². The number of hydrogen-bond donors (Lipinski definition) is 1. The highest BCUT2D eigenvalue weighted by Crippen LogP contribution is 2.27. The molecule has 0 unspecified atom stereocenters. The highest BCUT2D eigenvalue weighted by Gasteiger charge is 2.36. The van der Waals surface area contributed by atoms with Crippen molar-refractivity contribution in [2.45, 2.75) is 19.5 Å². The molecule has 29 heavy (non-hydrogen) atoms. The molecule has 0 bridgehead atoms. The minimum absolute atomic E-state index is 0.0802. The summed E-state index contributed by atoms with van der Waals surface area (Å²) in [5.41, 5.74) is 2.31. The van der Waals surface area contributed by atoms with Gasteiger partial charge < -0.3 is 14.8 Å². The Balaban J connectivity index is 1.40. The van der Waals surface area contributed by atoms with E-state index in [1.807, 2.05) is 35.0 Å². The van der Waals surface area contributed by atoms with Crippen LogP contribution >= 0.6 is 0 Å². The average molecular weight is 392 g/mol. The largest absolute Gasteiger partial charge is 0.352 e. The van der Waals surface area contributed by atoms with Gasteiger partial charge >= 0.3 is 0 Å². The summed E-state index contributed by atoms with van der Waals surface area (Å²) in [7, 11) is 0. The van der Waals surface area contributed by atoms with E-state index in [4.69, 9.17) is 0 Å². The molecule has 2 heterocycles. The van der Waals surface area contributed by atoms with Crippen molar-refractivity contribution in [2.75, 3.05) is 11.4 Å². The van der Waals surface area contributed by atoms with Crippen molar-refractivity contribution in [3.05, 3.63) is 84.2 Å². The van der Waals surface area contributed by atoms with Crippen LogP contribution in [-0.2, 0) is 22.7 Å². The molecule has 2 amide bonds. The van der Waals surface area contributed by atoms with E-state index in [2.05, 4.69) is 10.3 Å². The summed E-state index contributed by atoms with van der Waals surface area (Å²) in [6.07, 6.45) is 5.44. The van der Waals surface area contributed by atoms with Gasteiger partial charge in [-0.2, -0.15) is 0 Å². The second-order valence-electron chi connectivity index (χ2n) is 7.08. The van der Waals surface area contributed by atoms with Crippen LogP contribution in [0.5, 0.6) is 0 Å². The van der Waals surface area contributed by atoms with E-state index in [9.17, 15) is 14.0 Å². The lowest BCUT2D eigenvalue weighted by molar-refractivity contribution is -0.126. The Morgan fingerprint density at radius 3 is 2.66 bits per heavy atom. The maximum absolute atomic E-state index is 14.0. The molecule has 1 aromatic heterocycles. The Morgan fingerprint density at radius 2 is 1.90 bits per heavy atom. The first-order valence-corrected chi connectivity index (χ1v) is 9.47. The minimum Gasteiger partial charge on any atom is -0.352 e. The van der Waals surface area contributed by atoms with Crippen LogP contribution in [-0.4, -0.2) is 27.9 Å². The fourth-order valence-electron chi connectivity index (χ4n) is 3.57. The molecule has 1 aliphatic heterocycles. The molecule has 1 N–H and O–H groups in total. The third kappa shape index (κ3) is 4.18. The van der Waals surface area contributed by atoms with Gasteiger partial charge in [0.05, 0.1) is 17.9 Å². The van der Waals surface area contributed by atoms with Crippen molar-refractivity contribution >= 4 is 17.5 Å². The summed E-state index contributed by atoms with van der Waals surface area (Å²) in [5.74, 6) is -1.40. The standard InChI is InChI=1S/C22H21FN4O2/c23-19-7-3-4-8-20(19)27-14-18(11-21(27)28)22(29)25-12-16-5-1-2-6-17(16)13-26-10-9-24-15-26/h1-10,15,18H,11-14H2,(H,25,29)/t18-/m1/s1. The van der Waals surface area contributed by atoms with Gasteiger partial charge in [0.1, 0.15) is 5.82 Å². The molecule has 0 saturated carbocycles. The van der Waals surface area contributed by atoms with Gasteiger partial charge in [0.2, 0.25) is 11.8 Å². The predicted molar refractivity (Wildman–Crippen MR) is 106 cm³/mol. The zero-order valence-electron chi connectivity index (χ0n) is 15.8. The number of amides is 2. The Labute approximate surface area is 168 Å². The number of nitrogens with one attached hydrogen (secondary N) is 1. The number of hydrogen-bond acceptors (Lipinski definition) is 3. The molecule has 3 aromatic rings. The second kappa shape index (κ2) is 8.26. The SMILES string of the molecule is O=C(NCc1ccccc1Cn1ccnc1)[C@@H]1CC(=O)N(c2ccccc2F)C1. The van der Waals surface area contributed by atoms with Crippen LogP contribution in [0, 0.1) is 11.7 Å². The van der Waals surface area contributed by atoms with Crippen LogP contribution < -0.4 is 10.2 Å². The summed E-state index contributed by atoms with van der Waals surface area (Å²) in [6, 6.07) is 14.0. The van der Waals surface area contributed by atoms with E-state index < -0.39 is 11.7 Å². The molecule has 1 fully saturated rings. The molecule has 0 spiro atoms. The zero-order valence-corrected chi connectivity index (χ0v) is 15.8. The number of aromatic nitrogens is 2. The van der Waals surface area contributed by atoms with Crippen molar-refractivity contribution in [3.8, 4) is 0 Å². The maximum Gasteiger partial charge on any atom is 0.227 e. The quantitative estimate of drug-likeness (QED) is 0.701. The molecule has 7 heteroatoms. The number of rotatable bonds is 6. The summed E-state index contributed by atoms with van der Waals surface area (Å²) in [6.45, 7) is 1.21. The Hall–Kier alpha value is -3.48. The van der Waals surface area contributed by atoms with Crippen molar-refractivity contribution in [3.63, 3.8) is 0 Å². The molecule has 148 valence electrons. The number of benzene rings is 2. The van der Waals surface area contributed by atoms with Gasteiger partial charge in [-0.15, -0.1) is 0 Å². The zero-order chi connectivity index (χ0) is 20.2. The Kier molecular flexibility index (Phi) is 5.37. The molecule has 1 atom stereocenters. The number of halogens is 1. The highest BCUT2D eigenvalue weighted by atomic mass is 19.1. The van der Waals surface area contributed by atoms with Gasteiger partial charge in [-0.1, -0.05) is 36.4 Å². The first-order chi connectivity index (χ1) is 14.1. The van der Waals surface area contributed by atoms with Crippen LogP contribution in [0.2, 0.25) is 0 Å². The van der Waals surface area contributed by atoms with E-state index in [0.717, 1.165) is 11.1 Å². The number of para-hydroxylation sites is 1. The molecule has 0 radical (unpaired) electrons. The molecular weight excluding hydrogens is 371 g/mol. The minimum atomic E-state index is -0.497. The Bertz CT molecular complexity index is 1020. The fourth-order valence-corrected chi connectivity index (χ4v) is 3.57. The number of imidazole rings is 1. The average Bonchev–Trinajstić information content (AvgIpc) is 3.37. The summed E-state index contributed by atoms with van der Waals surface area (Å²) in [4.78, 5) is 30.4. The van der Waals surface area contributed by atoms with Gasteiger partial charge in [0.25, 0.3) is 0 Å². The monoisotopic (exact) mass is 392 g/mol. The molecule has 6 nitrogen and oxygen atoms in total.